The average Bonchev–Trinajstić information content (AvgIpc) is 2.76. The van der Waals surface area contributed by atoms with Gasteiger partial charge in [-0.3, -0.25) is 4.79 Å². The summed E-state index contributed by atoms with van der Waals surface area (Å²) in [5.41, 5.74) is 0.364. The second kappa shape index (κ2) is 8.37. The minimum absolute atomic E-state index is 0.0189. The van der Waals surface area contributed by atoms with Gasteiger partial charge in [-0.1, -0.05) is 42.5 Å². The summed E-state index contributed by atoms with van der Waals surface area (Å²) in [6, 6.07) is 17.9. The summed E-state index contributed by atoms with van der Waals surface area (Å²) >= 11 is 0. The van der Waals surface area contributed by atoms with E-state index in [1.807, 2.05) is 0 Å². The Morgan fingerprint density at radius 2 is 1.62 bits per heavy atom. The van der Waals surface area contributed by atoms with Gasteiger partial charge in [0.05, 0.1) is 23.4 Å². The molecule has 1 N–H and O–H groups in total. The molecule has 0 aromatic heterocycles. The molecule has 164 valence electrons. The number of aromatic carboxylic acids is 1. The van der Waals surface area contributed by atoms with Crippen LogP contribution in [0.4, 0.5) is 18.9 Å². The van der Waals surface area contributed by atoms with Gasteiger partial charge >= 0.3 is 12.1 Å². The predicted molar refractivity (Wildman–Crippen MR) is 111 cm³/mol. The summed E-state index contributed by atoms with van der Waals surface area (Å²) in [7, 11) is 0. The standard InChI is InChI=1S/C24H18F3NO4/c25-24(26,27)18-6-2-1-5-17(18)14-28-19-7-3-4-8-20(19)32-21(22(28)29)13-15-9-11-16(12-10-15)23(30)31/h1-12,21H,13-14H2,(H,30,31). The lowest BCUT2D eigenvalue weighted by Gasteiger charge is -2.35. The number of benzene rings is 3. The SMILES string of the molecule is O=C(O)c1ccc(CC2Oc3ccccc3N(Cc3ccccc3C(F)(F)F)C2=O)cc1. The van der Waals surface area contributed by atoms with E-state index in [0.29, 0.717) is 17.0 Å². The van der Waals surface area contributed by atoms with E-state index in [2.05, 4.69) is 0 Å². The lowest BCUT2D eigenvalue weighted by atomic mass is 10.0. The molecule has 0 fully saturated rings. The highest BCUT2D eigenvalue weighted by Gasteiger charge is 2.37. The van der Waals surface area contributed by atoms with Crippen molar-refractivity contribution in [2.75, 3.05) is 4.90 Å². The number of carbonyl (C=O) groups excluding carboxylic acids is 1. The molecule has 0 saturated carbocycles. The van der Waals surface area contributed by atoms with Crippen LogP contribution in [0.3, 0.4) is 0 Å². The fourth-order valence-corrected chi connectivity index (χ4v) is 3.67. The van der Waals surface area contributed by atoms with E-state index in [4.69, 9.17) is 9.84 Å². The van der Waals surface area contributed by atoms with Crippen LogP contribution in [0.15, 0.2) is 72.8 Å². The van der Waals surface area contributed by atoms with Gasteiger partial charge in [-0.25, -0.2) is 4.79 Å². The molecule has 0 radical (unpaired) electrons. The van der Waals surface area contributed by atoms with Crippen LogP contribution in [-0.4, -0.2) is 23.1 Å². The lowest BCUT2D eigenvalue weighted by Crippen LogP contribution is -2.46. The smallest absolute Gasteiger partial charge is 0.416 e. The zero-order chi connectivity index (χ0) is 22.9. The van der Waals surface area contributed by atoms with Gasteiger partial charge in [0.15, 0.2) is 6.10 Å². The van der Waals surface area contributed by atoms with Gasteiger partial charge in [0.2, 0.25) is 0 Å². The van der Waals surface area contributed by atoms with Crippen LogP contribution in [0.1, 0.15) is 27.0 Å². The first-order chi connectivity index (χ1) is 15.2. The van der Waals surface area contributed by atoms with Crippen molar-refractivity contribution in [1.29, 1.82) is 0 Å². The first-order valence-electron chi connectivity index (χ1n) is 9.78. The Kier molecular flexibility index (Phi) is 5.61. The molecule has 0 aliphatic carbocycles. The average molecular weight is 441 g/mol. The molecule has 4 rings (SSSR count). The van der Waals surface area contributed by atoms with Gasteiger partial charge in [-0.05, 0) is 41.5 Å². The summed E-state index contributed by atoms with van der Waals surface area (Å²) in [5, 5.41) is 9.04. The van der Waals surface area contributed by atoms with E-state index in [9.17, 15) is 22.8 Å². The third kappa shape index (κ3) is 4.30. The first-order valence-corrected chi connectivity index (χ1v) is 9.78. The molecule has 1 aliphatic heterocycles. The Morgan fingerprint density at radius 1 is 0.969 bits per heavy atom. The monoisotopic (exact) mass is 441 g/mol. The van der Waals surface area contributed by atoms with Gasteiger partial charge in [0, 0.05) is 6.42 Å². The fourth-order valence-electron chi connectivity index (χ4n) is 3.67. The highest BCUT2D eigenvalue weighted by Crippen LogP contribution is 2.38. The number of hydrogen-bond donors (Lipinski definition) is 1. The zero-order valence-corrected chi connectivity index (χ0v) is 16.7. The van der Waals surface area contributed by atoms with E-state index in [0.717, 1.165) is 6.07 Å². The van der Waals surface area contributed by atoms with E-state index < -0.39 is 29.7 Å². The Balaban J connectivity index is 1.65. The maximum Gasteiger partial charge on any atom is 0.416 e. The topological polar surface area (TPSA) is 66.8 Å². The summed E-state index contributed by atoms with van der Waals surface area (Å²) < 4.78 is 46.3. The third-order valence-electron chi connectivity index (χ3n) is 5.24. The largest absolute Gasteiger partial charge is 0.478 e. The summed E-state index contributed by atoms with van der Waals surface area (Å²) in [6.07, 6.45) is -5.36. The van der Waals surface area contributed by atoms with Crippen molar-refractivity contribution in [3.63, 3.8) is 0 Å². The molecule has 0 spiro atoms. The molecule has 5 nitrogen and oxygen atoms in total. The summed E-state index contributed by atoms with van der Waals surface area (Å²) in [4.78, 5) is 25.6. The van der Waals surface area contributed by atoms with E-state index in [1.54, 1.807) is 36.4 Å². The Bertz CT molecular complexity index is 1160. The molecule has 0 bridgehead atoms. The molecule has 3 aromatic carbocycles. The van der Waals surface area contributed by atoms with Crippen molar-refractivity contribution >= 4 is 17.6 Å². The normalized spacial score (nSPS) is 15.8. The minimum atomic E-state index is -4.54. The van der Waals surface area contributed by atoms with Crippen molar-refractivity contribution in [3.05, 3.63) is 95.1 Å². The molecular weight excluding hydrogens is 423 g/mol. The minimum Gasteiger partial charge on any atom is -0.478 e. The number of carboxylic acid groups (broad SMARTS) is 1. The number of amides is 1. The lowest BCUT2D eigenvalue weighted by molar-refractivity contribution is -0.138. The first kappa shape index (κ1) is 21.4. The number of fused-ring (bicyclic) bond motifs is 1. The maximum atomic E-state index is 13.5. The van der Waals surface area contributed by atoms with Crippen molar-refractivity contribution in [2.45, 2.75) is 25.2 Å². The Morgan fingerprint density at radius 3 is 2.31 bits per heavy atom. The molecule has 32 heavy (non-hydrogen) atoms. The number of anilines is 1. The van der Waals surface area contributed by atoms with Crippen LogP contribution in [-0.2, 0) is 23.9 Å². The fraction of sp³-hybridized carbons (Fsp3) is 0.167. The van der Waals surface area contributed by atoms with E-state index in [-0.39, 0.29) is 24.1 Å². The number of carboxylic acids is 1. The number of alkyl halides is 3. The van der Waals surface area contributed by atoms with Crippen molar-refractivity contribution in [3.8, 4) is 5.75 Å². The van der Waals surface area contributed by atoms with E-state index in [1.165, 1.54) is 35.2 Å². The molecular formula is C24H18F3NO4. The van der Waals surface area contributed by atoms with Crippen molar-refractivity contribution in [2.24, 2.45) is 0 Å². The molecule has 1 amide bonds. The number of para-hydroxylation sites is 2. The Labute approximate surface area is 181 Å². The zero-order valence-electron chi connectivity index (χ0n) is 16.7. The highest BCUT2D eigenvalue weighted by molar-refractivity contribution is 6.00. The number of halogens is 3. The van der Waals surface area contributed by atoms with Crippen molar-refractivity contribution < 1.29 is 32.6 Å². The van der Waals surface area contributed by atoms with Gasteiger partial charge in [0.1, 0.15) is 5.75 Å². The van der Waals surface area contributed by atoms with Gasteiger partial charge in [-0.15, -0.1) is 0 Å². The number of rotatable bonds is 5. The van der Waals surface area contributed by atoms with Crippen LogP contribution in [0.5, 0.6) is 5.75 Å². The number of ether oxygens (including phenoxy) is 1. The van der Waals surface area contributed by atoms with Gasteiger partial charge in [-0.2, -0.15) is 13.2 Å². The molecule has 0 saturated heterocycles. The molecule has 1 unspecified atom stereocenters. The summed E-state index contributed by atoms with van der Waals surface area (Å²) in [6.45, 7) is -0.261. The quantitative estimate of drug-likeness (QED) is 0.609. The molecule has 1 heterocycles. The van der Waals surface area contributed by atoms with Crippen LogP contribution < -0.4 is 9.64 Å². The van der Waals surface area contributed by atoms with Crippen LogP contribution >= 0.6 is 0 Å². The van der Waals surface area contributed by atoms with Crippen molar-refractivity contribution in [1.82, 2.24) is 0 Å². The van der Waals surface area contributed by atoms with Gasteiger partial charge in [0.25, 0.3) is 5.91 Å². The molecule has 1 atom stereocenters. The maximum absolute atomic E-state index is 13.5. The highest BCUT2D eigenvalue weighted by atomic mass is 19.4. The van der Waals surface area contributed by atoms with Crippen LogP contribution in [0, 0.1) is 0 Å². The summed E-state index contributed by atoms with van der Waals surface area (Å²) in [5.74, 6) is -1.14. The van der Waals surface area contributed by atoms with Gasteiger partial charge < -0.3 is 14.7 Å². The molecule has 3 aromatic rings. The molecule has 1 aliphatic rings. The predicted octanol–water partition coefficient (Wildman–Crippen LogP) is 4.94. The van der Waals surface area contributed by atoms with Crippen LogP contribution in [0.25, 0.3) is 0 Å². The second-order valence-electron chi connectivity index (χ2n) is 7.36. The third-order valence-corrected chi connectivity index (χ3v) is 5.24. The van der Waals surface area contributed by atoms with Crippen LogP contribution in [0.2, 0.25) is 0 Å². The second-order valence-corrected chi connectivity index (χ2v) is 7.36. The number of hydrogen-bond acceptors (Lipinski definition) is 3. The molecule has 8 heteroatoms. The number of carbonyl (C=O) groups is 2. The van der Waals surface area contributed by atoms with E-state index >= 15 is 0 Å². The Hall–Kier alpha value is -3.81. The number of nitrogens with zero attached hydrogens (tertiary/aromatic N) is 1.